The van der Waals surface area contributed by atoms with Crippen molar-refractivity contribution in [1.29, 1.82) is 0 Å². The molecule has 0 saturated carbocycles. The third-order valence-corrected chi connectivity index (χ3v) is 5.32. The second-order valence-electron chi connectivity index (χ2n) is 6.07. The molecular weight excluding hydrogens is 285 g/mol. The molecule has 0 bridgehead atoms. The van der Waals surface area contributed by atoms with Crippen molar-refractivity contribution < 1.29 is 14.8 Å². The zero-order valence-electron chi connectivity index (χ0n) is 13.0. The molecule has 2 N–H and O–H groups in total. The summed E-state index contributed by atoms with van der Waals surface area (Å²) < 4.78 is 5.57. The van der Waals surface area contributed by atoms with Crippen molar-refractivity contribution in [2.75, 3.05) is 26.0 Å². The van der Waals surface area contributed by atoms with E-state index >= 15 is 0 Å². The first-order valence-corrected chi connectivity index (χ1v) is 8.29. The summed E-state index contributed by atoms with van der Waals surface area (Å²) in [7, 11) is 0.183. The largest absolute Gasteiger partial charge is 0.497 e. The van der Waals surface area contributed by atoms with Crippen LogP contribution >= 0.6 is 11.8 Å². The summed E-state index contributed by atoms with van der Waals surface area (Å²) in [6, 6.07) is 5.40. The van der Waals surface area contributed by atoms with Crippen molar-refractivity contribution in [2.24, 2.45) is 0 Å². The van der Waals surface area contributed by atoms with Gasteiger partial charge >= 0.3 is 7.12 Å². The molecule has 4 nitrogen and oxygen atoms in total. The van der Waals surface area contributed by atoms with Gasteiger partial charge in [0.1, 0.15) is 5.75 Å². The molecule has 0 amide bonds. The topological polar surface area (TPSA) is 52.9 Å². The van der Waals surface area contributed by atoms with Gasteiger partial charge in [-0.15, -0.1) is 0 Å². The van der Waals surface area contributed by atoms with Gasteiger partial charge in [0, 0.05) is 23.6 Å². The van der Waals surface area contributed by atoms with E-state index in [1.807, 2.05) is 17.8 Å². The lowest BCUT2D eigenvalue weighted by Crippen LogP contribution is -2.36. The van der Waals surface area contributed by atoms with Crippen LogP contribution in [0.25, 0.3) is 0 Å². The molecule has 0 aromatic heterocycles. The summed E-state index contributed by atoms with van der Waals surface area (Å²) in [5.74, 6) is 1.85. The first kappa shape index (κ1) is 16.7. The fraction of sp³-hybridized carbons (Fsp3) is 0.600. The molecule has 1 aliphatic rings. The molecule has 0 atom stereocenters. The van der Waals surface area contributed by atoms with E-state index in [1.165, 1.54) is 0 Å². The predicted octanol–water partition coefficient (Wildman–Crippen LogP) is 1.09. The zero-order chi connectivity index (χ0) is 15.5. The molecule has 0 unspecified atom stereocenters. The van der Waals surface area contributed by atoms with Gasteiger partial charge in [-0.05, 0) is 36.1 Å². The third-order valence-electron chi connectivity index (χ3n) is 3.95. The summed E-state index contributed by atoms with van der Waals surface area (Å²) in [6.45, 7) is 7.34. The smallest absolute Gasteiger partial charge is 0.488 e. The lowest BCUT2D eigenvalue weighted by molar-refractivity contribution is 0.276. The van der Waals surface area contributed by atoms with Crippen LogP contribution in [0.3, 0.4) is 0 Å². The highest BCUT2D eigenvalue weighted by Crippen LogP contribution is 2.31. The first-order valence-electron chi connectivity index (χ1n) is 7.30. The number of hydrogen-bond donors (Lipinski definition) is 2. The Morgan fingerprint density at radius 1 is 1.33 bits per heavy atom. The van der Waals surface area contributed by atoms with Gasteiger partial charge in [-0.1, -0.05) is 19.9 Å². The quantitative estimate of drug-likeness (QED) is 0.816. The van der Waals surface area contributed by atoms with Crippen LogP contribution < -0.4 is 10.2 Å². The highest BCUT2D eigenvalue weighted by Gasteiger charge is 2.25. The monoisotopic (exact) mass is 309 g/mol. The average Bonchev–Trinajstić information content (AvgIpc) is 2.60. The van der Waals surface area contributed by atoms with Gasteiger partial charge in [-0.25, -0.2) is 0 Å². The maximum Gasteiger partial charge on any atom is 0.488 e. The minimum Gasteiger partial charge on any atom is -0.497 e. The summed E-state index contributed by atoms with van der Waals surface area (Å²) >= 11 is 2.01. The fourth-order valence-corrected chi connectivity index (χ4v) is 3.70. The third kappa shape index (κ3) is 4.64. The average molecular weight is 309 g/mol. The van der Waals surface area contributed by atoms with E-state index < -0.39 is 7.12 Å². The molecule has 21 heavy (non-hydrogen) atoms. The highest BCUT2D eigenvalue weighted by atomic mass is 32.2. The van der Waals surface area contributed by atoms with E-state index in [4.69, 9.17) is 4.74 Å². The van der Waals surface area contributed by atoms with Crippen LogP contribution in [0.15, 0.2) is 18.2 Å². The van der Waals surface area contributed by atoms with Crippen molar-refractivity contribution in [3.63, 3.8) is 0 Å². The number of benzene rings is 1. The SMILES string of the molecule is COc1ccc(B(O)O)c(CN2CCSC(C)(C)CC2)c1. The minimum atomic E-state index is -1.44. The van der Waals surface area contributed by atoms with E-state index in [0.717, 1.165) is 43.1 Å². The summed E-state index contributed by atoms with van der Waals surface area (Å²) in [6.07, 6.45) is 1.14. The normalized spacial score (nSPS) is 19.1. The Kier molecular flexibility index (Phi) is 5.60. The van der Waals surface area contributed by atoms with Crippen LogP contribution in [-0.2, 0) is 6.54 Å². The second kappa shape index (κ2) is 7.05. The lowest BCUT2D eigenvalue weighted by atomic mass is 9.77. The summed E-state index contributed by atoms with van der Waals surface area (Å²) in [4.78, 5) is 2.38. The van der Waals surface area contributed by atoms with Gasteiger partial charge in [-0.2, -0.15) is 11.8 Å². The van der Waals surface area contributed by atoms with Crippen molar-refractivity contribution in [3.05, 3.63) is 23.8 Å². The van der Waals surface area contributed by atoms with Crippen LogP contribution in [-0.4, -0.2) is 52.8 Å². The number of thioether (sulfide) groups is 1. The van der Waals surface area contributed by atoms with Gasteiger partial charge in [-0.3, -0.25) is 4.90 Å². The molecule has 1 aromatic rings. The standard InChI is InChI=1S/C15H24BNO3S/c1-15(2)6-7-17(8-9-21-15)11-12-10-13(20-3)4-5-14(12)16(18)19/h4-5,10,18-19H,6-9,11H2,1-3H3. The Hall–Kier alpha value is -0.685. The van der Waals surface area contributed by atoms with Crippen LogP contribution in [0, 0.1) is 0 Å². The van der Waals surface area contributed by atoms with Gasteiger partial charge in [0.15, 0.2) is 0 Å². The number of nitrogens with zero attached hydrogens (tertiary/aromatic N) is 1. The summed E-state index contributed by atoms with van der Waals surface area (Å²) in [5, 5.41) is 19.1. The minimum absolute atomic E-state index is 0.322. The van der Waals surface area contributed by atoms with E-state index in [1.54, 1.807) is 19.2 Å². The Labute approximate surface area is 131 Å². The van der Waals surface area contributed by atoms with Crippen LogP contribution in [0.2, 0.25) is 0 Å². The molecule has 1 aliphatic heterocycles. The molecule has 0 spiro atoms. The lowest BCUT2D eigenvalue weighted by Gasteiger charge is -2.23. The van der Waals surface area contributed by atoms with E-state index in [9.17, 15) is 10.0 Å². The second-order valence-corrected chi connectivity index (χ2v) is 7.87. The van der Waals surface area contributed by atoms with E-state index in [-0.39, 0.29) is 0 Å². The van der Waals surface area contributed by atoms with Crippen molar-refractivity contribution in [1.82, 2.24) is 4.90 Å². The van der Waals surface area contributed by atoms with Crippen molar-refractivity contribution in [3.8, 4) is 5.75 Å². The zero-order valence-corrected chi connectivity index (χ0v) is 13.8. The molecular formula is C15H24BNO3S. The Morgan fingerprint density at radius 2 is 2.10 bits per heavy atom. The molecule has 2 rings (SSSR count). The molecule has 1 heterocycles. The van der Waals surface area contributed by atoms with Crippen molar-refractivity contribution in [2.45, 2.75) is 31.6 Å². The highest BCUT2D eigenvalue weighted by molar-refractivity contribution is 8.00. The Morgan fingerprint density at radius 3 is 2.76 bits per heavy atom. The summed E-state index contributed by atoms with van der Waals surface area (Å²) in [5.41, 5.74) is 1.49. The van der Waals surface area contributed by atoms with Gasteiger partial charge in [0.2, 0.25) is 0 Å². The number of methoxy groups -OCH3 is 1. The number of hydrogen-bond acceptors (Lipinski definition) is 5. The predicted molar refractivity (Wildman–Crippen MR) is 89.3 cm³/mol. The van der Waals surface area contributed by atoms with Crippen LogP contribution in [0.4, 0.5) is 0 Å². The fourth-order valence-electron chi connectivity index (χ4n) is 2.56. The molecule has 6 heteroatoms. The first-order chi connectivity index (χ1) is 9.91. The molecule has 0 aliphatic carbocycles. The number of ether oxygens (including phenoxy) is 1. The maximum absolute atomic E-state index is 9.53. The molecule has 116 valence electrons. The van der Waals surface area contributed by atoms with E-state index in [0.29, 0.717) is 10.2 Å². The molecule has 0 radical (unpaired) electrons. The van der Waals surface area contributed by atoms with Gasteiger partial charge < -0.3 is 14.8 Å². The van der Waals surface area contributed by atoms with E-state index in [2.05, 4.69) is 18.7 Å². The maximum atomic E-state index is 9.53. The molecule has 1 fully saturated rings. The number of rotatable bonds is 4. The van der Waals surface area contributed by atoms with Crippen LogP contribution in [0.1, 0.15) is 25.8 Å². The van der Waals surface area contributed by atoms with Crippen LogP contribution in [0.5, 0.6) is 5.75 Å². The Bertz CT molecular complexity index is 482. The Balaban J connectivity index is 2.14. The van der Waals surface area contributed by atoms with Gasteiger partial charge in [0.25, 0.3) is 0 Å². The molecule has 1 aromatic carbocycles. The van der Waals surface area contributed by atoms with Gasteiger partial charge in [0.05, 0.1) is 7.11 Å². The van der Waals surface area contributed by atoms with Crippen molar-refractivity contribution >= 4 is 24.3 Å². The molecule has 1 saturated heterocycles.